The van der Waals surface area contributed by atoms with E-state index in [0.29, 0.717) is 29.8 Å². The summed E-state index contributed by atoms with van der Waals surface area (Å²) in [7, 11) is -3.84. The normalized spacial score (nSPS) is 18.1. The lowest BCUT2D eigenvalue weighted by Gasteiger charge is -2.23. The maximum Gasteiger partial charge on any atom is 0.345 e. The Labute approximate surface area is 155 Å². The molecule has 2 heterocycles. The number of sulfonamides is 1. The van der Waals surface area contributed by atoms with Crippen LogP contribution >= 0.6 is 11.3 Å². The van der Waals surface area contributed by atoms with Gasteiger partial charge in [-0.15, -0.1) is 11.3 Å². The molecule has 0 bridgehead atoms. The molecule has 1 aliphatic heterocycles. The van der Waals surface area contributed by atoms with Gasteiger partial charge in [-0.2, -0.15) is 4.31 Å². The lowest BCUT2D eigenvalue weighted by Crippen LogP contribution is -2.30. The van der Waals surface area contributed by atoms with Crippen LogP contribution in [0.25, 0.3) is 0 Å². The van der Waals surface area contributed by atoms with Gasteiger partial charge in [-0.1, -0.05) is 0 Å². The molecule has 1 aliphatic rings. The quantitative estimate of drug-likeness (QED) is 0.807. The van der Waals surface area contributed by atoms with E-state index in [1.807, 2.05) is 0 Å². The number of aryl methyl sites for hydroxylation is 1. The largest absolute Gasteiger partial charge is 0.477 e. The van der Waals surface area contributed by atoms with Crippen LogP contribution in [-0.2, 0) is 10.0 Å². The van der Waals surface area contributed by atoms with Crippen molar-refractivity contribution in [2.24, 2.45) is 5.73 Å². The first-order valence-electron chi connectivity index (χ1n) is 7.96. The monoisotopic (exact) mass is 394 g/mol. The third kappa shape index (κ3) is 3.37. The molecule has 9 heteroatoms. The van der Waals surface area contributed by atoms with E-state index in [-0.39, 0.29) is 15.3 Å². The zero-order valence-electron chi connectivity index (χ0n) is 14.0. The van der Waals surface area contributed by atoms with Gasteiger partial charge in [0.1, 0.15) is 4.88 Å². The third-order valence-corrected chi connectivity index (χ3v) is 7.37. The van der Waals surface area contributed by atoms with E-state index in [1.54, 1.807) is 19.1 Å². The molecule has 138 valence electrons. The van der Waals surface area contributed by atoms with Crippen LogP contribution in [0.15, 0.2) is 35.2 Å². The average molecular weight is 394 g/mol. The summed E-state index contributed by atoms with van der Waals surface area (Å²) >= 11 is 1.08. The van der Waals surface area contributed by atoms with E-state index in [9.17, 15) is 18.0 Å². The summed E-state index contributed by atoms with van der Waals surface area (Å²) in [6, 6.07) is 7.09. The van der Waals surface area contributed by atoms with Crippen LogP contribution in [-0.4, -0.2) is 36.3 Å². The first-order chi connectivity index (χ1) is 12.2. The molecule has 0 radical (unpaired) electrons. The minimum absolute atomic E-state index is 0.0215. The number of hydrogen-bond acceptors (Lipinski definition) is 5. The Hall–Kier alpha value is -2.23. The van der Waals surface area contributed by atoms with Gasteiger partial charge in [0, 0.05) is 17.0 Å². The zero-order valence-corrected chi connectivity index (χ0v) is 15.6. The summed E-state index contributed by atoms with van der Waals surface area (Å²) in [5.41, 5.74) is 6.06. The number of nitrogens with two attached hydrogens (primary N) is 1. The molecule has 26 heavy (non-hydrogen) atoms. The van der Waals surface area contributed by atoms with Crippen molar-refractivity contribution >= 4 is 33.2 Å². The molecule has 2 aromatic rings. The van der Waals surface area contributed by atoms with Gasteiger partial charge in [-0.25, -0.2) is 13.2 Å². The summed E-state index contributed by atoms with van der Waals surface area (Å²) < 4.78 is 27.7. The number of carbonyl (C=O) groups is 2. The van der Waals surface area contributed by atoms with E-state index < -0.39 is 27.9 Å². The van der Waals surface area contributed by atoms with Crippen LogP contribution in [0.4, 0.5) is 0 Å². The first kappa shape index (κ1) is 18.6. The van der Waals surface area contributed by atoms with Gasteiger partial charge in [0.15, 0.2) is 0 Å². The van der Waals surface area contributed by atoms with Crippen molar-refractivity contribution in [1.29, 1.82) is 0 Å². The smallest absolute Gasteiger partial charge is 0.345 e. The van der Waals surface area contributed by atoms with Gasteiger partial charge in [0.05, 0.1) is 10.9 Å². The Morgan fingerprint density at radius 1 is 1.27 bits per heavy atom. The predicted molar refractivity (Wildman–Crippen MR) is 96.8 cm³/mol. The number of rotatable bonds is 5. The maximum absolute atomic E-state index is 13.1. The Morgan fingerprint density at radius 2 is 2.00 bits per heavy atom. The molecule has 1 unspecified atom stereocenters. The van der Waals surface area contributed by atoms with Gasteiger partial charge >= 0.3 is 5.97 Å². The van der Waals surface area contributed by atoms with Crippen molar-refractivity contribution in [3.8, 4) is 0 Å². The first-order valence-corrected chi connectivity index (χ1v) is 10.2. The van der Waals surface area contributed by atoms with Crippen molar-refractivity contribution in [3.05, 3.63) is 51.2 Å². The minimum atomic E-state index is -3.84. The van der Waals surface area contributed by atoms with Crippen LogP contribution in [0.2, 0.25) is 0 Å². The predicted octanol–water partition coefficient (Wildman–Crippen LogP) is 2.38. The average Bonchev–Trinajstić information content (AvgIpc) is 3.23. The fraction of sp³-hybridized carbons (Fsp3) is 0.294. The van der Waals surface area contributed by atoms with Crippen molar-refractivity contribution in [2.75, 3.05) is 6.54 Å². The molecule has 7 nitrogen and oxygen atoms in total. The number of aromatic carboxylic acids is 1. The Bertz CT molecular complexity index is 981. The standard InChI is InChI=1S/C17H18N2O5S2/c1-10-7-11(16(18)20)9-12(8-10)26(23,24)19-6-2-3-13(19)14-4-5-15(25-14)17(21)22/h4-5,7-9,13H,2-3,6H2,1H3,(H2,18,20)(H,21,22). The summed E-state index contributed by atoms with van der Waals surface area (Å²) in [5, 5.41) is 9.09. The van der Waals surface area contributed by atoms with E-state index in [0.717, 1.165) is 11.3 Å². The molecular formula is C17H18N2O5S2. The van der Waals surface area contributed by atoms with Crippen LogP contribution in [0.5, 0.6) is 0 Å². The van der Waals surface area contributed by atoms with Crippen LogP contribution in [0.1, 0.15) is 49.4 Å². The molecule has 0 spiro atoms. The summed E-state index contributed by atoms with van der Waals surface area (Å²) in [4.78, 5) is 23.5. The molecule has 0 aliphatic carbocycles. The number of nitrogens with zero attached hydrogens (tertiary/aromatic N) is 1. The van der Waals surface area contributed by atoms with Crippen LogP contribution in [0, 0.1) is 6.92 Å². The lowest BCUT2D eigenvalue weighted by atomic mass is 10.1. The number of benzene rings is 1. The maximum atomic E-state index is 13.1. The fourth-order valence-electron chi connectivity index (χ4n) is 3.13. The molecule has 1 saturated heterocycles. The van der Waals surface area contributed by atoms with Crippen molar-refractivity contribution in [3.63, 3.8) is 0 Å². The zero-order chi connectivity index (χ0) is 19.1. The number of carboxylic acids is 1. The number of hydrogen-bond donors (Lipinski definition) is 2. The number of primary amides is 1. The number of amides is 1. The highest BCUT2D eigenvalue weighted by atomic mass is 32.2. The Kier molecular flexibility index (Phi) is 4.87. The SMILES string of the molecule is Cc1cc(C(N)=O)cc(S(=O)(=O)N2CCCC2c2ccc(C(=O)O)s2)c1. The summed E-state index contributed by atoms with van der Waals surface area (Å²) in [6.45, 7) is 2.04. The van der Waals surface area contributed by atoms with Gasteiger partial charge in [-0.05, 0) is 55.7 Å². The van der Waals surface area contributed by atoms with Gasteiger partial charge in [0.2, 0.25) is 15.9 Å². The van der Waals surface area contributed by atoms with Crippen molar-refractivity contribution < 1.29 is 23.1 Å². The van der Waals surface area contributed by atoms with E-state index in [1.165, 1.54) is 22.5 Å². The second-order valence-corrected chi connectivity index (χ2v) is 9.19. The molecule has 1 aromatic heterocycles. The molecular weight excluding hydrogens is 376 g/mol. The summed E-state index contributed by atoms with van der Waals surface area (Å²) in [5.74, 6) is -1.72. The Morgan fingerprint density at radius 3 is 2.62 bits per heavy atom. The molecule has 1 atom stereocenters. The second-order valence-electron chi connectivity index (χ2n) is 6.18. The molecule has 3 N–H and O–H groups in total. The molecule has 3 rings (SSSR count). The molecule has 1 aromatic carbocycles. The van der Waals surface area contributed by atoms with Crippen LogP contribution < -0.4 is 5.73 Å². The molecule has 0 saturated carbocycles. The summed E-state index contributed by atoms with van der Waals surface area (Å²) in [6.07, 6.45) is 1.30. The molecule has 1 amide bonds. The number of carboxylic acid groups (broad SMARTS) is 1. The van der Waals surface area contributed by atoms with Gasteiger partial charge < -0.3 is 10.8 Å². The minimum Gasteiger partial charge on any atom is -0.477 e. The number of carbonyl (C=O) groups excluding carboxylic acids is 1. The molecule has 1 fully saturated rings. The van der Waals surface area contributed by atoms with E-state index in [2.05, 4.69) is 0 Å². The van der Waals surface area contributed by atoms with E-state index >= 15 is 0 Å². The van der Waals surface area contributed by atoms with Crippen LogP contribution in [0.3, 0.4) is 0 Å². The lowest BCUT2D eigenvalue weighted by molar-refractivity contribution is 0.0702. The van der Waals surface area contributed by atoms with Crippen molar-refractivity contribution in [2.45, 2.75) is 30.7 Å². The highest BCUT2D eigenvalue weighted by Gasteiger charge is 2.37. The fourth-order valence-corrected chi connectivity index (χ4v) is 6.00. The Balaban J connectivity index is 2.00. The highest BCUT2D eigenvalue weighted by Crippen LogP contribution is 2.39. The number of thiophene rings is 1. The highest BCUT2D eigenvalue weighted by molar-refractivity contribution is 7.89. The topological polar surface area (TPSA) is 118 Å². The van der Waals surface area contributed by atoms with E-state index in [4.69, 9.17) is 10.8 Å². The van der Waals surface area contributed by atoms with Gasteiger partial charge in [0.25, 0.3) is 0 Å². The van der Waals surface area contributed by atoms with Crippen molar-refractivity contribution in [1.82, 2.24) is 4.31 Å². The third-order valence-electron chi connectivity index (χ3n) is 4.31. The van der Waals surface area contributed by atoms with Gasteiger partial charge in [-0.3, -0.25) is 4.79 Å². The second kappa shape index (κ2) is 6.82.